The first-order valence-corrected chi connectivity index (χ1v) is 11.9. The van der Waals surface area contributed by atoms with Crippen LogP contribution in [0.25, 0.3) is 11.0 Å². The number of rotatable bonds is 4. The normalized spacial score (nSPS) is 25.6. The first kappa shape index (κ1) is 21.8. The Labute approximate surface area is 195 Å². The largest absolute Gasteiger partial charge is 0.391 e. The van der Waals surface area contributed by atoms with Gasteiger partial charge in [0, 0.05) is 35.3 Å². The molecule has 3 fully saturated rings. The van der Waals surface area contributed by atoms with E-state index in [1.807, 2.05) is 30.8 Å². The van der Waals surface area contributed by atoms with Crippen LogP contribution in [0.2, 0.25) is 0 Å². The topological polar surface area (TPSA) is 69.0 Å². The highest BCUT2D eigenvalue weighted by Crippen LogP contribution is 2.50. The standard InChI is InChI=1S/C24H27F3N6O/c1-13-7-19-21(15-8-17(9-15)24(25,26)27)30-23(31-22(19)29-14(13)2)32-5-6-34-20(12-32)16-10-28-33(11-16)18-3-4-18/h7,10-11,15,17-18,20H,3-6,8-9,12H2,1-2H3/t15-,17-,20-/m0/s1. The van der Waals surface area contributed by atoms with Crippen LogP contribution in [0, 0.1) is 19.8 Å². The van der Waals surface area contributed by atoms with Crippen molar-refractivity contribution in [3.8, 4) is 0 Å². The van der Waals surface area contributed by atoms with Crippen molar-refractivity contribution >= 4 is 17.0 Å². The highest BCUT2D eigenvalue weighted by molar-refractivity contribution is 5.80. The van der Waals surface area contributed by atoms with Crippen LogP contribution in [0.1, 0.15) is 66.3 Å². The second-order valence-corrected chi connectivity index (χ2v) is 9.87. The number of alkyl halides is 3. The predicted molar refractivity (Wildman–Crippen MR) is 120 cm³/mol. The first-order chi connectivity index (χ1) is 16.3. The molecule has 0 amide bonds. The van der Waals surface area contributed by atoms with Crippen molar-refractivity contribution in [1.82, 2.24) is 24.7 Å². The van der Waals surface area contributed by atoms with E-state index in [2.05, 4.69) is 21.2 Å². The van der Waals surface area contributed by atoms with Gasteiger partial charge in [-0.25, -0.2) is 9.97 Å². The van der Waals surface area contributed by atoms with Crippen LogP contribution in [0.4, 0.5) is 19.1 Å². The SMILES string of the molecule is Cc1cc2c(nc(N3CCO[C@H](c4cnn(C5CC5)c4)C3)nc2[C@H]2C[C@H](C(F)(F)F)C2)nc1C. The zero-order chi connectivity index (χ0) is 23.6. The van der Waals surface area contributed by atoms with Gasteiger partial charge in [-0.3, -0.25) is 4.68 Å². The molecule has 1 atom stereocenters. The number of hydrogen-bond donors (Lipinski definition) is 0. The molecule has 0 radical (unpaired) electrons. The Balaban J connectivity index is 1.32. The molecule has 2 saturated carbocycles. The third kappa shape index (κ3) is 3.91. The van der Waals surface area contributed by atoms with Crippen LogP contribution in [0.3, 0.4) is 0 Å². The number of aryl methyl sites for hydroxylation is 2. The molecule has 180 valence electrons. The van der Waals surface area contributed by atoms with E-state index in [4.69, 9.17) is 14.7 Å². The fourth-order valence-electron chi connectivity index (χ4n) is 4.91. The Morgan fingerprint density at radius 2 is 1.88 bits per heavy atom. The minimum absolute atomic E-state index is 0.0636. The van der Waals surface area contributed by atoms with Gasteiger partial charge in [0.25, 0.3) is 0 Å². The number of pyridine rings is 1. The number of nitrogens with zero attached hydrogens (tertiary/aromatic N) is 6. The maximum atomic E-state index is 13.2. The molecule has 3 aliphatic rings. The number of aromatic nitrogens is 5. The monoisotopic (exact) mass is 472 g/mol. The molecule has 3 aromatic rings. The average Bonchev–Trinajstić information content (AvgIpc) is 3.49. The van der Waals surface area contributed by atoms with Crippen LogP contribution in [0.5, 0.6) is 0 Å². The fraction of sp³-hybridized carbons (Fsp3) is 0.583. The molecule has 0 N–H and O–H groups in total. The molecule has 2 aliphatic carbocycles. The van der Waals surface area contributed by atoms with E-state index >= 15 is 0 Å². The highest BCUT2D eigenvalue weighted by Gasteiger charge is 2.49. The van der Waals surface area contributed by atoms with E-state index in [1.54, 1.807) is 0 Å². The zero-order valence-electron chi connectivity index (χ0n) is 19.2. The van der Waals surface area contributed by atoms with E-state index in [-0.39, 0.29) is 24.9 Å². The lowest BCUT2D eigenvalue weighted by molar-refractivity contribution is -0.197. The number of ether oxygens (including phenoxy) is 1. The number of hydrogen-bond acceptors (Lipinski definition) is 6. The molecule has 0 aromatic carbocycles. The average molecular weight is 473 g/mol. The summed E-state index contributed by atoms with van der Waals surface area (Å²) in [6, 6.07) is 2.46. The Hall–Kier alpha value is -2.75. The van der Waals surface area contributed by atoms with Crippen LogP contribution in [0.15, 0.2) is 18.5 Å². The van der Waals surface area contributed by atoms with Crippen molar-refractivity contribution in [1.29, 1.82) is 0 Å². The van der Waals surface area contributed by atoms with Gasteiger partial charge in [-0.05, 0) is 51.2 Å². The molecule has 0 unspecified atom stereocenters. The molecular weight excluding hydrogens is 445 g/mol. The van der Waals surface area contributed by atoms with Gasteiger partial charge in [-0.1, -0.05) is 0 Å². The van der Waals surface area contributed by atoms with Crippen molar-refractivity contribution in [2.24, 2.45) is 5.92 Å². The summed E-state index contributed by atoms with van der Waals surface area (Å²) in [5.41, 5.74) is 4.09. The molecule has 1 saturated heterocycles. The lowest BCUT2D eigenvalue weighted by atomic mass is 9.72. The van der Waals surface area contributed by atoms with Crippen LogP contribution in [-0.2, 0) is 4.74 Å². The van der Waals surface area contributed by atoms with Crippen molar-refractivity contribution < 1.29 is 17.9 Å². The van der Waals surface area contributed by atoms with E-state index in [1.165, 1.54) is 0 Å². The molecule has 1 aliphatic heterocycles. The number of halogens is 3. The second kappa shape index (κ2) is 7.90. The Morgan fingerprint density at radius 1 is 1.09 bits per heavy atom. The van der Waals surface area contributed by atoms with Gasteiger partial charge in [0.1, 0.15) is 6.10 Å². The Kier molecular flexibility index (Phi) is 5.05. The zero-order valence-corrected chi connectivity index (χ0v) is 19.2. The third-order valence-electron chi connectivity index (χ3n) is 7.40. The van der Waals surface area contributed by atoms with Gasteiger partial charge in [-0.2, -0.15) is 23.3 Å². The van der Waals surface area contributed by atoms with E-state index < -0.39 is 12.1 Å². The summed E-state index contributed by atoms with van der Waals surface area (Å²) in [5.74, 6) is -0.994. The molecular formula is C24H27F3N6O. The first-order valence-electron chi connectivity index (χ1n) is 11.9. The van der Waals surface area contributed by atoms with Crippen molar-refractivity contribution in [3.63, 3.8) is 0 Å². The number of morpholine rings is 1. The van der Waals surface area contributed by atoms with E-state index in [0.29, 0.717) is 43.0 Å². The summed E-state index contributed by atoms with van der Waals surface area (Å²) in [6.07, 6.45) is 2.05. The van der Waals surface area contributed by atoms with Crippen LogP contribution in [-0.4, -0.2) is 50.6 Å². The summed E-state index contributed by atoms with van der Waals surface area (Å²) < 4.78 is 47.6. The molecule has 7 nitrogen and oxygen atoms in total. The Morgan fingerprint density at radius 3 is 2.62 bits per heavy atom. The molecule has 6 rings (SSSR count). The highest BCUT2D eigenvalue weighted by atomic mass is 19.4. The Bertz CT molecular complexity index is 1230. The lowest BCUT2D eigenvalue weighted by Gasteiger charge is -2.37. The summed E-state index contributed by atoms with van der Waals surface area (Å²) >= 11 is 0. The predicted octanol–water partition coefficient (Wildman–Crippen LogP) is 4.81. The van der Waals surface area contributed by atoms with Crippen molar-refractivity contribution in [3.05, 3.63) is 41.0 Å². The summed E-state index contributed by atoms with van der Waals surface area (Å²) in [5, 5.41) is 5.24. The smallest absolute Gasteiger partial charge is 0.370 e. The summed E-state index contributed by atoms with van der Waals surface area (Å²) in [6.45, 7) is 5.55. The van der Waals surface area contributed by atoms with Gasteiger partial charge >= 0.3 is 6.18 Å². The van der Waals surface area contributed by atoms with Crippen LogP contribution < -0.4 is 4.90 Å². The fourth-order valence-corrected chi connectivity index (χ4v) is 4.91. The van der Waals surface area contributed by atoms with Crippen molar-refractivity contribution in [2.45, 2.75) is 63.8 Å². The molecule has 0 spiro atoms. The van der Waals surface area contributed by atoms with Crippen molar-refractivity contribution in [2.75, 3.05) is 24.6 Å². The minimum atomic E-state index is -4.16. The van der Waals surface area contributed by atoms with E-state index in [9.17, 15) is 13.2 Å². The number of fused-ring (bicyclic) bond motifs is 1. The summed E-state index contributed by atoms with van der Waals surface area (Å²) in [7, 11) is 0. The van der Waals surface area contributed by atoms with Gasteiger partial charge in [0.15, 0.2) is 5.65 Å². The molecule has 10 heteroatoms. The summed E-state index contributed by atoms with van der Waals surface area (Å²) in [4.78, 5) is 16.3. The van der Waals surface area contributed by atoms with Crippen LogP contribution >= 0.6 is 0 Å². The maximum absolute atomic E-state index is 13.2. The quantitative estimate of drug-likeness (QED) is 0.543. The third-order valence-corrected chi connectivity index (χ3v) is 7.40. The van der Waals surface area contributed by atoms with E-state index in [0.717, 1.165) is 35.0 Å². The molecule has 3 aromatic heterocycles. The van der Waals surface area contributed by atoms with Gasteiger partial charge in [0.2, 0.25) is 5.95 Å². The van der Waals surface area contributed by atoms with Gasteiger partial charge < -0.3 is 9.64 Å². The maximum Gasteiger partial charge on any atom is 0.391 e. The lowest BCUT2D eigenvalue weighted by Crippen LogP contribution is -2.40. The molecule has 4 heterocycles. The second-order valence-electron chi connectivity index (χ2n) is 9.87. The molecule has 0 bridgehead atoms. The molecule has 34 heavy (non-hydrogen) atoms. The number of anilines is 1. The van der Waals surface area contributed by atoms with Gasteiger partial charge in [0.05, 0.1) is 37.0 Å². The van der Waals surface area contributed by atoms with Gasteiger partial charge in [-0.15, -0.1) is 0 Å². The minimum Gasteiger partial charge on any atom is -0.370 e.